The molecular weight excluding hydrogens is 407 g/mol. The van der Waals surface area contributed by atoms with Gasteiger partial charge in [0.2, 0.25) is 0 Å². The molecule has 1 N–H and O–H groups in total. The first-order valence-electron chi connectivity index (χ1n) is 8.54. The van der Waals surface area contributed by atoms with Gasteiger partial charge < -0.3 is 10.1 Å². The smallest absolute Gasteiger partial charge is 0.422 e. The molecule has 0 bridgehead atoms. The summed E-state index contributed by atoms with van der Waals surface area (Å²) in [6.07, 6.45) is -1.91. The molecule has 154 valence electrons. The lowest BCUT2D eigenvalue weighted by molar-refractivity contribution is -0.153. The van der Waals surface area contributed by atoms with Crippen molar-refractivity contribution in [1.29, 1.82) is 0 Å². The third-order valence-corrected chi connectivity index (χ3v) is 5.28. The molecule has 1 atom stereocenters. The number of halogens is 3. The molecule has 0 radical (unpaired) electrons. The Kier molecular flexibility index (Phi) is 5.65. The Balaban J connectivity index is 1.81. The van der Waals surface area contributed by atoms with Gasteiger partial charge in [0.15, 0.2) is 16.4 Å². The van der Waals surface area contributed by atoms with E-state index in [-0.39, 0.29) is 16.7 Å². The van der Waals surface area contributed by atoms with Crippen LogP contribution in [0, 0.1) is 0 Å². The number of alkyl halides is 3. The van der Waals surface area contributed by atoms with Gasteiger partial charge in [-0.3, -0.25) is 0 Å². The molecule has 0 aliphatic rings. The largest absolute Gasteiger partial charge is 0.484 e. The standard InChI is InChI=1S/C19H18F3N3O3S/c1-12(13-3-5-14(6-4-13)28-10-19(20,21)22)25-18-16-9-15(29(2,26)27)7-8-17(16)23-11-24-18/h3-9,11-12H,10H2,1-2H3,(H,23,24,25). The van der Waals surface area contributed by atoms with E-state index in [0.29, 0.717) is 16.7 Å². The summed E-state index contributed by atoms with van der Waals surface area (Å²) < 4.78 is 65.1. The van der Waals surface area contributed by atoms with Gasteiger partial charge >= 0.3 is 6.18 Å². The molecule has 1 unspecified atom stereocenters. The van der Waals surface area contributed by atoms with Crippen LogP contribution in [0.2, 0.25) is 0 Å². The highest BCUT2D eigenvalue weighted by molar-refractivity contribution is 7.90. The maximum Gasteiger partial charge on any atom is 0.422 e. The van der Waals surface area contributed by atoms with Gasteiger partial charge in [-0.05, 0) is 42.8 Å². The predicted octanol–water partition coefficient (Wildman–Crippen LogP) is 4.15. The number of fused-ring (bicyclic) bond motifs is 1. The van der Waals surface area contributed by atoms with Crippen molar-refractivity contribution in [2.24, 2.45) is 0 Å². The number of anilines is 1. The lowest BCUT2D eigenvalue weighted by Gasteiger charge is -2.17. The summed E-state index contributed by atoms with van der Waals surface area (Å²) in [4.78, 5) is 8.50. The second-order valence-electron chi connectivity index (χ2n) is 6.51. The molecule has 0 saturated carbocycles. The number of rotatable bonds is 6. The summed E-state index contributed by atoms with van der Waals surface area (Å²) in [6.45, 7) is 0.496. The minimum atomic E-state index is -4.40. The summed E-state index contributed by atoms with van der Waals surface area (Å²) in [5.74, 6) is 0.564. The van der Waals surface area contributed by atoms with E-state index in [2.05, 4.69) is 15.3 Å². The predicted molar refractivity (Wildman–Crippen MR) is 103 cm³/mol. The maximum absolute atomic E-state index is 12.2. The number of benzene rings is 2. The fraction of sp³-hybridized carbons (Fsp3) is 0.263. The first kappa shape index (κ1) is 20.8. The van der Waals surface area contributed by atoms with Crippen LogP contribution in [0.3, 0.4) is 0 Å². The second-order valence-corrected chi connectivity index (χ2v) is 8.53. The highest BCUT2D eigenvalue weighted by atomic mass is 32.2. The van der Waals surface area contributed by atoms with E-state index in [1.54, 1.807) is 18.2 Å². The van der Waals surface area contributed by atoms with Crippen LogP contribution in [0.4, 0.5) is 19.0 Å². The number of ether oxygens (including phenoxy) is 1. The summed E-state index contributed by atoms with van der Waals surface area (Å²) in [5, 5.41) is 3.74. The topological polar surface area (TPSA) is 81.2 Å². The maximum atomic E-state index is 12.2. The van der Waals surface area contributed by atoms with E-state index in [1.165, 1.54) is 30.6 Å². The van der Waals surface area contributed by atoms with Gasteiger partial charge in [0.1, 0.15) is 17.9 Å². The summed E-state index contributed by atoms with van der Waals surface area (Å²) in [6, 6.07) is 10.6. The van der Waals surface area contributed by atoms with Crippen LogP contribution in [0.15, 0.2) is 53.7 Å². The molecule has 0 spiro atoms. The second kappa shape index (κ2) is 7.86. The molecule has 1 aromatic heterocycles. The van der Waals surface area contributed by atoms with E-state index in [9.17, 15) is 21.6 Å². The molecule has 0 amide bonds. The quantitative estimate of drug-likeness (QED) is 0.639. The van der Waals surface area contributed by atoms with Crippen molar-refractivity contribution in [2.45, 2.75) is 24.0 Å². The van der Waals surface area contributed by atoms with Crippen LogP contribution < -0.4 is 10.1 Å². The van der Waals surface area contributed by atoms with E-state index in [1.807, 2.05) is 6.92 Å². The van der Waals surface area contributed by atoms with E-state index < -0.39 is 22.6 Å². The Morgan fingerprint density at radius 1 is 1.10 bits per heavy atom. The third kappa shape index (κ3) is 5.35. The van der Waals surface area contributed by atoms with Gasteiger partial charge in [0, 0.05) is 17.7 Å². The van der Waals surface area contributed by atoms with Gasteiger partial charge in [0.05, 0.1) is 10.4 Å². The van der Waals surface area contributed by atoms with Crippen molar-refractivity contribution in [3.8, 4) is 5.75 Å². The van der Waals surface area contributed by atoms with E-state index in [4.69, 9.17) is 4.74 Å². The van der Waals surface area contributed by atoms with Gasteiger partial charge in [-0.2, -0.15) is 13.2 Å². The van der Waals surface area contributed by atoms with Crippen molar-refractivity contribution in [2.75, 3.05) is 18.2 Å². The SMILES string of the molecule is CC(Nc1ncnc2ccc(S(C)(=O)=O)cc12)c1ccc(OCC(F)(F)F)cc1. The number of aromatic nitrogens is 2. The molecule has 3 rings (SSSR count). The fourth-order valence-electron chi connectivity index (χ4n) is 2.69. The van der Waals surface area contributed by atoms with Crippen LogP contribution in [-0.4, -0.2) is 37.4 Å². The normalized spacial score (nSPS) is 13.3. The molecule has 1 heterocycles. The zero-order valence-electron chi connectivity index (χ0n) is 15.6. The average Bonchev–Trinajstić information content (AvgIpc) is 2.65. The molecule has 0 fully saturated rings. The summed E-state index contributed by atoms with van der Waals surface area (Å²) in [7, 11) is -3.39. The number of nitrogens with one attached hydrogen (secondary N) is 1. The zero-order chi connectivity index (χ0) is 21.2. The molecule has 2 aromatic carbocycles. The average molecular weight is 425 g/mol. The van der Waals surface area contributed by atoms with Crippen molar-refractivity contribution >= 4 is 26.6 Å². The van der Waals surface area contributed by atoms with Gasteiger partial charge in [-0.1, -0.05) is 12.1 Å². The molecule has 3 aromatic rings. The Hall–Kier alpha value is -2.88. The Morgan fingerprint density at radius 2 is 1.79 bits per heavy atom. The highest BCUT2D eigenvalue weighted by Gasteiger charge is 2.28. The van der Waals surface area contributed by atoms with Crippen molar-refractivity contribution < 1.29 is 26.3 Å². The molecule has 6 nitrogen and oxygen atoms in total. The number of hydrogen-bond acceptors (Lipinski definition) is 6. The minimum Gasteiger partial charge on any atom is -0.484 e. The number of hydrogen-bond donors (Lipinski definition) is 1. The number of sulfone groups is 1. The fourth-order valence-corrected chi connectivity index (χ4v) is 3.33. The molecule has 10 heteroatoms. The van der Waals surface area contributed by atoms with Crippen LogP contribution >= 0.6 is 0 Å². The van der Waals surface area contributed by atoms with Gasteiger partial charge in [-0.25, -0.2) is 18.4 Å². The zero-order valence-corrected chi connectivity index (χ0v) is 16.4. The molecule has 0 aliphatic carbocycles. The lowest BCUT2D eigenvalue weighted by Crippen LogP contribution is -2.19. The van der Waals surface area contributed by atoms with Crippen molar-refractivity contribution in [3.63, 3.8) is 0 Å². The minimum absolute atomic E-state index is 0.114. The van der Waals surface area contributed by atoms with Crippen molar-refractivity contribution in [1.82, 2.24) is 9.97 Å². The lowest BCUT2D eigenvalue weighted by atomic mass is 10.1. The van der Waals surface area contributed by atoms with Crippen LogP contribution in [0.5, 0.6) is 5.75 Å². The Bertz CT molecular complexity index is 1120. The first-order chi connectivity index (χ1) is 13.5. The number of nitrogens with zero attached hydrogens (tertiary/aromatic N) is 2. The van der Waals surface area contributed by atoms with E-state index in [0.717, 1.165) is 11.8 Å². The van der Waals surface area contributed by atoms with E-state index >= 15 is 0 Å². The Morgan fingerprint density at radius 3 is 2.41 bits per heavy atom. The first-order valence-corrected chi connectivity index (χ1v) is 10.4. The van der Waals surface area contributed by atoms with Crippen LogP contribution in [0.25, 0.3) is 10.9 Å². The van der Waals surface area contributed by atoms with Gasteiger partial charge in [-0.15, -0.1) is 0 Å². The Labute approximate surface area is 165 Å². The van der Waals surface area contributed by atoms with Gasteiger partial charge in [0.25, 0.3) is 0 Å². The highest BCUT2D eigenvalue weighted by Crippen LogP contribution is 2.27. The summed E-state index contributed by atoms with van der Waals surface area (Å²) >= 11 is 0. The molecule has 0 saturated heterocycles. The third-order valence-electron chi connectivity index (χ3n) is 4.17. The van der Waals surface area contributed by atoms with Crippen LogP contribution in [0.1, 0.15) is 18.5 Å². The van der Waals surface area contributed by atoms with Crippen molar-refractivity contribution in [3.05, 3.63) is 54.4 Å². The van der Waals surface area contributed by atoms with Crippen LogP contribution in [-0.2, 0) is 9.84 Å². The molecule has 0 aliphatic heterocycles. The monoisotopic (exact) mass is 425 g/mol. The molecular formula is C19H18F3N3O3S. The molecule has 29 heavy (non-hydrogen) atoms. The summed E-state index contributed by atoms with van der Waals surface area (Å²) in [5.41, 5.74) is 1.37.